The highest BCUT2D eigenvalue weighted by Crippen LogP contribution is 2.30. The molecule has 0 bridgehead atoms. The van der Waals surface area contributed by atoms with Gasteiger partial charge in [0, 0.05) is 3.57 Å². The van der Waals surface area contributed by atoms with Crippen molar-refractivity contribution < 1.29 is 9.84 Å². The maximum Gasteiger partial charge on any atom is 0.146 e. The lowest BCUT2D eigenvalue weighted by atomic mass is 10.2. The van der Waals surface area contributed by atoms with Crippen LogP contribution in [0.5, 0.6) is 5.75 Å². The Morgan fingerprint density at radius 1 is 1.13 bits per heavy atom. The fourth-order valence-electron chi connectivity index (χ4n) is 0.926. The zero-order valence-corrected chi connectivity index (χ0v) is 14.8. The first-order chi connectivity index (χ1) is 6.91. The van der Waals surface area contributed by atoms with Crippen molar-refractivity contribution in [3.63, 3.8) is 0 Å². The van der Waals surface area contributed by atoms with Gasteiger partial charge in [0.1, 0.15) is 11.9 Å². The Kier molecular flexibility index (Phi) is 5.88. The fourth-order valence-corrected chi connectivity index (χ4v) is 4.76. The third kappa shape index (κ3) is 4.15. The van der Waals surface area contributed by atoms with Crippen LogP contribution in [0, 0.1) is 10.7 Å². The van der Waals surface area contributed by atoms with E-state index in [1.165, 1.54) is 3.57 Å². The third-order valence-corrected chi connectivity index (χ3v) is 4.17. The molecular weight excluding hydrogens is 533 g/mol. The van der Waals surface area contributed by atoms with Gasteiger partial charge in [-0.15, -0.1) is 0 Å². The molecule has 1 aromatic rings. The van der Waals surface area contributed by atoms with Crippen molar-refractivity contribution in [3.8, 4) is 5.75 Å². The van der Waals surface area contributed by atoms with Gasteiger partial charge in [-0.05, 0) is 93.8 Å². The lowest BCUT2D eigenvalue weighted by Gasteiger charge is -2.19. The molecule has 0 fully saturated rings. The molecule has 1 aromatic carbocycles. The van der Waals surface area contributed by atoms with E-state index in [4.69, 9.17) is 4.74 Å². The van der Waals surface area contributed by atoms with Gasteiger partial charge in [0.2, 0.25) is 0 Å². The molecule has 0 amide bonds. The second-order valence-electron chi connectivity index (χ2n) is 3.26. The third-order valence-electron chi connectivity index (χ3n) is 1.95. The van der Waals surface area contributed by atoms with E-state index in [1.54, 1.807) is 6.92 Å². The number of rotatable bonds is 3. The summed E-state index contributed by atoms with van der Waals surface area (Å²) in [6, 6.07) is 4.13. The Hall–Kier alpha value is 1.17. The summed E-state index contributed by atoms with van der Waals surface area (Å²) in [4.78, 5) is 0. The zero-order chi connectivity index (χ0) is 11.6. The Balaban J connectivity index is 2.95. The lowest BCUT2D eigenvalue weighted by molar-refractivity contribution is 0.0593. The fraction of sp³-hybridized carbons (Fsp3) is 0.400. The number of hydrogen-bond donors (Lipinski definition) is 1. The Morgan fingerprint density at radius 3 is 2.00 bits per heavy atom. The van der Waals surface area contributed by atoms with Crippen molar-refractivity contribution >= 4 is 67.8 Å². The summed E-state index contributed by atoms with van der Waals surface area (Å²) in [6.45, 7) is 3.60. The largest absolute Gasteiger partial charge is 0.486 e. The van der Waals surface area contributed by atoms with Crippen LogP contribution in [0.3, 0.4) is 0 Å². The van der Waals surface area contributed by atoms with Crippen molar-refractivity contribution in [1.82, 2.24) is 0 Å². The molecular formula is C10H11I3O2. The minimum absolute atomic E-state index is 0.188. The van der Waals surface area contributed by atoms with Gasteiger partial charge in [0.15, 0.2) is 0 Å². The zero-order valence-electron chi connectivity index (χ0n) is 8.30. The van der Waals surface area contributed by atoms with Crippen LogP contribution in [0.2, 0.25) is 0 Å². The van der Waals surface area contributed by atoms with Crippen LogP contribution < -0.4 is 4.74 Å². The first-order valence-corrected chi connectivity index (χ1v) is 7.64. The number of aliphatic hydroxyl groups excluding tert-OH is 1. The highest BCUT2D eigenvalue weighted by atomic mass is 127. The minimum atomic E-state index is -0.462. The number of aliphatic hydroxyl groups is 1. The Morgan fingerprint density at radius 2 is 1.60 bits per heavy atom. The van der Waals surface area contributed by atoms with Crippen LogP contribution in [-0.2, 0) is 0 Å². The lowest BCUT2D eigenvalue weighted by Crippen LogP contribution is -2.26. The average molecular weight is 544 g/mol. The molecule has 0 aliphatic heterocycles. The maximum atomic E-state index is 9.39. The molecule has 0 heterocycles. The summed E-state index contributed by atoms with van der Waals surface area (Å²) in [5, 5.41) is 9.39. The van der Waals surface area contributed by atoms with Gasteiger partial charge in [-0.2, -0.15) is 0 Å². The van der Waals surface area contributed by atoms with E-state index in [2.05, 4.69) is 79.9 Å². The van der Waals surface area contributed by atoms with Crippen LogP contribution in [0.15, 0.2) is 12.1 Å². The van der Waals surface area contributed by atoms with Gasteiger partial charge in [-0.3, -0.25) is 0 Å². The normalized spacial score (nSPS) is 14.8. The first kappa shape index (κ1) is 14.2. The van der Waals surface area contributed by atoms with Crippen LogP contribution in [0.25, 0.3) is 0 Å². The summed E-state index contributed by atoms with van der Waals surface area (Å²) in [5.74, 6) is 0.866. The van der Waals surface area contributed by atoms with E-state index in [1.807, 2.05) is 6.92 Å². The molecule has 0 saturated heterocycles. The molecule has 0 saturated carbocycles. The summed E-state index contributed by atoms with van der Waals surface area (Å²) in [6.07, 6.45) is -0.650. The molecule has 0 aliphatic carbocycles. The molecule has 1 rings (SSSR count). The van der Waals surface area contributed by atoms with E-state index in [0.29, 0.717) is 0 Å². The summed E-state index contributed by atoms with van der Waals surface area (Å²) in [5.41, 5.74) is 0. The van der Waals surface area contributed by atoms with Gasteiger partial charge in [-0.25, -0.2) is 0 Å². The highest BCUT2D eigenvalue weighted by Gasteiger charge is 2.15. The molecule has 15 heavy (non-hydrogen) atoms. The molecule has 2 nitrogen and oxygen atoms in total. The molecule has 0 spiro atoms. The number of benzene rings is 1. The summed E-state index contributed by atoms with van der Waals surface area (Å²) in [7, 11) is 0. The van der Waals surface area contributed by atoms with E-state index >= 15 is 0 Å². The molecule has 84 valence electrons. The minimum Gasteiger partial charge on any atom is -0.486 e. The van der Waals surface area contributed by atoms with Crippen LogP contribution in [0.1, 0.15) is 13.8 Å². The topological polar surface area (TPSA) is 29.5 Å². The van der Waals surface area contributed by atoms with E-state index < -0.39 is 6.10 Å². The van der Waals surface area contributed by atoms with E-state index in [-0.39, 0.29) is 6.10 Å². The van der Waals surface area contributed by atoms with Gasteiger partial charge >= 0.3 is 0 Å². The Bertz CT molecular complexity index is 330. The summed E-state index contributed by atoms with van der Waals surface area (Å²) < 4.78 is 9.08. The van der Waals surface area contributed by atoms with Crippen LogP contribution in [0.4, 0.5) is 0 Å². The van der Waals surface area contributed by atoms with E-state index in [0.717, 1.165) is 12.9 Å². The SMILES string of the molecule is CC(O)C(C)Oc1c(I)cc(I)cc1I. The van der Waals surface area contributed by atoms with Gasteiger partial charge < -0.3 is 9.84 Å². The second kappa shape index (κ2) is 6.20. The molecule has 2 atom stereocenters. The monoisotopic (exact) mass is 544 g/mol. The average Bonchev–Trinajstić information content (AvgIpc) is 2.10. The predicted molar refractivity (Wildman–Crippen MR) is 86.4 cm³/mol. The molecule has 5 heteroatoms. The van der Waals surface area contributed by atoms with Crippen LogP contribution in [-0.4, -0.2) is 17.3 Å². The van der Waals surface area contributed by atoms with Gasteiger partial charge in [-0.1, -0.05) is 0 Å². The van der Waals surface area contributed by atoms with Crippen molar-refractivity contribution in [2.45, 2.75) is 26.1 Å². The van der Waals surface area contributed by atoms with Gasteiger partial charge in [0.25, 0.3) is 0 Å². The highest BCUT2D eigenvalue weighted by molar-refractivity contribution is 14.1. The maximum absolute atomic E-state index is 9.39. The molecule has 2 unspecified atom stereocenters. The van der Waals surface area contributed by atoms with E-state index in [9.17, 15) is 5.11 Å². The number of ether oxygens (including phenoxy) is 1. The first-order valence-electron chi connectivity index (χ1n) is 4.41. The number of hydrogen-bond acceptors (Lipinski definition) is 2. The van der Waals surface area contributed by atoms with Crippen molar-refractivity contribution in [3.05, 3.63) is 22.8 Å². The standard InChI is InChI=1S/C10H11I3O2/c1-5(14)6(2)15-10-8(12)3-7(11)4-9(10)13/h3-6,14H,1-2H3. The molecule has 0 radical (unpaired) electrons. The van der Waals surface area contributed by atoms with Crippen molar-refractivity contribution in [1.29, 1.82) is 0 Å². The number of halogens is 3. The van der Waals surface area contributed by atoms with Crippen LogP contribution >= 0.6 is 67.8 Å². The summed E-state index contributed by atoms with van der Waals surface area (Å²) >= 11 is 6.78. The molecule has 0 aliphatic rings. The smallest absolute Gasteiger partial charge is 0.146 e. The van der Waals surface area contributed by atoms with Gasteiger partial charge in [0.05, 0.1) is 13.2 Å². The Labute approximate surface area is 131 Å². The molecule has 0 aromatic heterocycles. The second-order valence-corrected chi connectivity index (χ2v) is 6.83. The quantitative estimate of drug-likeness (QED) is 0.590. The molecule has 1 N–H and O–H groups in total. The predicted octanol–water partition coefficient (Wildman–Crippen LogP) is 3.65. The van der Waals surface area contributed by atoms with Crippen molar-refractivity contribution in [2.75, 3.05) is 0 Å². The van der Waals surface area contributed by atoms with Crippen molar-refractivity contribution in [2.24, 2.45) is 0 Å².